The van der Waals surface area contributed by atoms with E-state index in [4.69, 9.17) is 23.7 Å². The highest BCUT2D eigenvalue weighted by molar-refractivity contribution is 6.04. The van der Waals surface area contributed by atoms with Crippen LogP contribution in [0.25, 0.3) is 0 Å². The average Bonchev–Trinajstić information content (AvgIpc) is 3.32. The third-order valence-corrected chi connectivity index (χ3v) is 10.7. The van der Waals surface area contributed by atoms with Gasteiger partial charge in [-0.3, -0.25) is 9.59 Å². The number of phenolic OH excluding ortho intramolecular Hbond substituents is 1. The number of aliphatic hydroxyl groups is 1. The van der Waals surface area contributed by atoms with Gasteiger partial charge in [-0.05, 0) is 66.2 Å². The van der Waals surface area contributed by atoms with E-state index in [1.165, 1.54) is 13.2 Å². The molecule has 2 saturated heterocycles. The molecule has 2 aromatic carbocycles. The predicted octanol–water partition coefficient (Wildman–Crippen LogP) is 4.74. The third-order valence-electron chi connectivity index (χ3n) is 10.7. The number of phenols is 1. The molecule has 9 heteroatoms. The van der Waals surface area contributed by atoms with Gasteiger partial charge in [-0.25, -0.2) is 0 Å². The predicted molar refractivity (Wildman–Crippen MR) is 167 cm³/mol. The molecule has 2 heterocycles. The van der Waals surface area contributed by atoms with Crippen LogP contribution in [-0.2, 0) is 41.4 Å². The minimum Gasteiger partial charge on any atom is -0.504 e. The zero-order chi connectivity index (χ0) is 32.6. The standard InChI is InChI=1S/C37H40O9/c1-21(2)35-17-23(4)37-27(33(35)44-36(45-35,46-37)19-24-9-7-6-8-10-24)14-26(18-34(41)30(37)13-22(3)32(34)40)20-43-31(39)16-25-11-12-28(38)29(15-25)42-5/h6-15,23,27,30,33,38,41H,1,16-20H2,2-5H3/t23-,27+,30+,33-,34-,35-,36-,37-/m1/s1. The van der Waals surface area contributed by atoms with Crippen molar-refractivity contribution in [3.8, 4) is 11.5 Å². The van der Waals surface area contributed by atoms with Crippen molar-refractivity contribution >= 4 is 11.8 Å². The first kappa shape index (κ1) is 30.9. The van der Waals surface area contributed by atoms with Gasteiger partial charge in [0, 0.05) is 18.3 Å². The molecule has 242 valence electrons. The summed E-state index contributed by atoms with van der Waals surface area (Å²) in [4.78, 5) is 26.8. The Kier molecular flexibility index (Phi) is 7.14. The lowest BCUT2D eigenvalue weighted by Crippen LogP contribution is -2.70. The van der Waals surface area contributed by atoms with Crippen LogP contribution in [0, 0.1) is 17.8 Å². The average molecular weight is 629 g/mol. The van der Waals surface area contributed by atoms with Crippen LogP contribution < -0.4 is 4.74 Å². The van der Waals surface area contributed by atoms with Gasteiger partial charge in [0.15, 0.2) is 17.3 Å². The molecule has 0 spiro atoms. The number of ketones is 1. The molecule has 2 N–H and O–H groups in total. The number of carbonyl (C=O) groups excluding carboxylic acids is 2. The van der Waals surface area contributed by atoms with Gasteiger partial charge < -0.3 is 33.9 Å². The number of hydrogen-bond acceptors (Lipinski definition) is 9. The monoisotopic (exact) mass is 628 g/mol. The second-order valence-electron chi connectivity index (χ2n) is 13.7. The first-order valence-electron chi connectivity index (χ1n) is 15.8. The molecule has 8 atom stereocenters. The van der Waals surface area contributed by atoms with Crippen molar-refractivity contribution in [2.24, 2.45) is 17.8 Å². The zero-order valence-electron chi connectivity index (χ0n) is 26.6. The van der Waals surface area contributed by atoms with E-state index in [9.17, 15) is 19.8 Å². The van der Waals surface area contributed by atoms with E-state index in [-0.39, 0.29) is 42.6 Å². The number of aromatic hydroxyl groups is 1. The molecule has 2 aliphatic heterocycles. The molecule has 3 aliphatic carbocycles. The lowest BCUT2D eigenvalue weighted by atomic mass is 9.55. The molecule has 2 aromatic rings. The first-order valence-corrected chi connectivity index (χ1v) is 15.8. The van der Waals surface area contributed by atoms with Gasteiger partial charge in [0.2, 0.25) is 0 Å². The molecular weight excluding hydrogens is 588 g/mol. The fraction of sp³-hybridized carbons (Fsp3) is 0.459. The van der Waals surface area contributed by atoms with E-state index < -0.39 is 46.7 Å². The summed E-state index contributed by atoms with van der Waals surface area (Å²) in [6.45, 7) is 9.98. The number of benzene rings is 2. The maximum atomic E-state index is 13.8. The lowest BCUT2D eigenvalue weighted by Gasteiger charge is -2.59. The lowest BCUT2D eigenvalue weighted by molar-refractivity contribution is -0.421. The number of rotatable bonds is 8. The summed E-state index contributed by atoms with van der Waals surface area (Å²) in [5.41, 5.74) is -0.241. The van der Waals surface area contributed by atoms with E-state index in [0.29, 0.717) is 29.6 Å². The van der Waals surface area contributed by atoms with Gasteiger partial charge >= 0.3 is 5.97 Å². The van der Waals surface area contributed by atoms with E-state index in [1.54, 1.807) is 19.1 Å². The van der Waals surface area contributed by atoms with Gasteiger partial charge in [-0.15, -0.1) is 0 Å². The summed E-state index contributed by atoms with van der Waals surface area (Å²) in [6, 6.07) is 14.5. The van der Waals surface area contributed by atoms with Crippen LogP contribution >= 0.6 is 0 Å². The van der Waals surface area contributed by atoms with Crippen LogP contribution in [0.1, 0.15) is 44.7 Å². The van der Waals surface area contributed by atoms with Gasteiger partial charge in [0.05, 0.1) is 25.6 Å². The van der Waals surface area contributed by atoms with E-state index in [0.717, 1.165) is 11.1 Å². The molecule has 1 saturated carbocycles. The van der Waals surface area contributed by atoms with Crippen LogP contribution in [-0.4, -0.2) is 64.6 Å². The summed E-state index contributed by atoms with van der Waals surface area (Å²) in [5.74, 6) is -3.37. The molecular formula is C37H40O9. The Morgan fingerprint density at radius 3 is 2.59 bits per heavy atom. The Hall–Kier alpha value is -3.76. The van der Waals surface area contributed by atoms with Crippen molar-refractivity contribution in [2.45, 2.75) is 75.3 Å². The van der Waals surface area contributed by atoms with E-state index >= 15 is 0 Å². The van der Waals surface area contributed by atoms with E-state index in [1.807, 2.05) is 49.4 Å². The maximum absolute atomic E-state index is 13.8. The van der Waals surface area contributed by atoms with Gasteiger partial charge in [-0.2, -0.15) is 0 Å². The van der Waals surface area contributed by atoms with Crippen molar-refractivity contribution in [3.05, 3.63) is 95.1 Å². The molecule has 0 aromatic heterocycles. The highest BCUT2D eigenvalue weighted by Gasteiger charge is 2.79. The number of ether oxygens (including phenoxy) is 5. The van der Waals surface area contributed by atoms with Crippen LogP contribution in [0.2, 0.25) is 0 Å². The first-order chi connectivity index (χ1) is 21.9. The second-order valence-corrected chi connectivity index (χ2v) is 13.7. The summed E-state index contributed by atoms with van der Waals surface area (Å²) in [5, 5.41) is 22.3. The van der Waals surface area contributed by atoms with Gasteiger partial charge in [0.25, 0.3) is 5.97 Å². The third kappa shape index (κ3) is 4.43. The van der Waals surface area contributed by atoms with Crippen LogP contribution in [0.3, 0.4) is 0 Å². The zero-order valence-corrected chi connectivity index (χ0v) is 26.6. The second kappa shape index (κ2) is 10.6. The van der Waals surface area contributed by atoms with Crippen LogP contribution in [0.15, 0.2) is 84.0 Å². The number of carbonyl (C=O) groups is 2. The Morgan fingerprint density at radius 1 is 1.11 bits per heavy atom. The minimum absolute atomic E-state index is 0.0156. The smallest absolute Gasteiger partial charge is 0.310 e. The fourth-order valence-corrected chi connectivity index (χ4v) is 8.71. The molecule has 0 radical (unpaired) electrons. The fourth-order valence-electron chi connectivity index (χ4n) is 8.71. The summed E-state index contributed by atoms with van der Waals surface area (Å²) < 4.78 is 31.8. The summed E-state index contributed by atoms with van der Waals surface area (Å²) >= 11 is 0. The number of fused-ring (bicyclic) bond motifs is 2. The molecule has 0 unspecified atom stereocenters. The van der Waals surface area contributed by atoms with Crippen molar-refractivity contribution in [1.82, 2.24) is 0 Å². The molecule has 46 heavy (non-hydrogen) atoms. The van der Waals surface area contributed by atoms with Crippen LogP contribution in [0.5, 0.6) is 11.5 Å². The van der Waals surface area contributed by atoms with Crippen molar-refractivity contribution in [1.29, 1.82) is 0 Å². The number of hydrogen-bond donors (Lipinski definition) is 2. The molecule has 9 nitrogen and oxygen atoms in total. The summed E-state index contributed by atoms with van der Waals surface area (Å²) in [7, 11) is 1.44. The van der Waals surface area contributed by atoms with Crippen molar-refractivity contribution < 1.29 is 43.5 Å². The molecule has 3 fully saturated rings. The SMILES string of the molecule is C=C(C)[C@]12C[C@@H](C)[C@@]34O[C@](Cc5ccccc5)(O[C@@H]1[C@@H]3C=C(COC(=O)Cc1ccc(O)c(OC)c1)C[C@]1(O)C(=O)C(C)=C[C@H]41)O2. The Morgan fingerprint density at radius 2 is 1.87 bits per heavy atom. The molecule has 3 bridgehead atoms. The quantitative estimate of drug-likeness (QED) is 0.315. The topological polar surface area (TPSA) is 121 Å². The summed E-state index contributed by atoms with van der Waals surface area (Å²) in [6.07, 6.45) is 4.13. The molecule has 7 rings (SSSR count). The Labute approximate surface area is 268 Å². The highest BCUT2D eigenvalue weighted by atomic mass is 16.9. The highest BCUT2D eigenvalue weighted by Crippen LogP contribution is 2.68. The van der Waals surface area contributed by atoms with Crippen molar-refractivity contribution in [2.75, 3.05) is 13.7 Å². The van der Waals surface area contributed by atoms with Crippen molar-refractivity contribution in [3.63, 3.8) is 0 Å². The minimum atomic E-state index is -1.80. The normalized spacial score (nSPS) is 37.1. The Balaban J connectivity index is 1.27. The maximum Gasteiger partial charge on any atom is 0.310 e. The van der Waals surface area contributed by atoms with E-state index in [2.05, 4.69) is 13.5 Å². The molecule has 0 amide bonds. The number of esters is 1. The molecule has 5 aliphatic rings. The van der Waals surface area contributed by atoms with Gasteiger partial charge in [0.1, 0.15) is 23.9 Å². The number of methoxy groups -OCH3 is 1. The van der Waals surface area contributed by atoms with Gasteiger partial charge in [-0.1, -0.05) is 62.1 Å². The number of Topliss-reactive ketones (excluding diaryl/α,β-unsaturated/α-hetero) is 1. The Bertz CT molecular complexity index is 1680. The van der Waals surface area contributed by atoms with Crippen LogP contribution in [0.4, 0.5) is 0 Å². The largest absolute Gasteiger partial charge is 0.504 e.